The van der Waals surface area contributed by atoms with Gasteiger partial charge in [-0.1, -0.05) is 12.8 Å². The van der Waals surface area contributed by atoms with E-state index in [9.17, 15) is 9.59 Å². The van der Waals surface area contributed by atoms with Crippen molar-refractivity contribution < 1.29 is 9.53 Å². The third-order valence-corrected chi connectivity index (χ3v) is 2.89. The van der Waals surface area contributed by atoms with Crippen LogP contribution in [-0.2, 0) is 4.74 Å². The number of carbonyl (C=O) groups excluding carboxylic acids is 1. The van der Waals surface area contributed by atoms with Gasteiger partial charge < -0.3 is 4.74 Å². The lowest BCUT2D eigenvalue weighted by atomic mass is 10.2. The number of ether oxygens (including phenoxy) is 1. The van der Waals surface area contributed by atoms with Gasteiger partial charge in [0.2, 0.25) is 0 Å². The highest BCUT2D eigenvalue weighted by molar-refractivity contribution is 5.86. The number of carbonyl (C=O) groups is 1. The number of hydrogen-bond acceptors (Lipinski definition) is 4. The maximum Gasteiger partial charge on any atom is 0.358 e. The van der Waals surface area contributed by atoms with E-state index in [1.807, 2.05) is 0 Å². The van der Waals surface area contributed by atoms with E-state index in [1.54, 1.807) is 0 Å². The fourth-order valence-electron chi connectivity index (χ4n) is 2.05. The quantitative estimate of drug-likeness (QED) is 0.704. The standard InChI is InChI=1S/C11H14N2O3/c1-16-11(15)9-6-7-10(14)13(12-9)8-4-2-3-5-8/h6-8H,2-5H2,1H3. The number of esters is 1. The normalized spacial score (nSPS) is 16.3. The molecule has 1 heterocycles. The minimum absolute atomic E-state index is 0.136. The molecule has 1 fully saturated rings. The summed E-state index contributed by atoms with van der Waals surface area (Å²) in [6.45, 7) is 0. The topological polar surface area (TPSA) is 61.2 Å². The second-order valence-electron chi connectivity index (χ2n) is 3.93. The van der Waals surface area contributed by atoms with Gasteiger partial charge in [0.1, 0.15) is 0 Å². The number of rotatable bonds is 2. The molecular weight excluding hydrogens is 208 g/mol. The monoisotopic (exact) mass is 222 g/mol. The zero-order chi connectivity index (χ0) is 11.5. The second-order valence-corrected chi connectivity index (χ2v) is 3.93. The van der Waals surface area contributed by atoms with Gasteiger partial charge in [0.05, 0.1) is 13.2 Å². The van der Waals surface area contributed by atoms with Crippen molar-refractivity contribution in [3.05, 3.63) is 28.2 Å². The van der Waals surface area contributed by atoms with Crippen LogP contribution in [0.15, 0.2) is 16.9 Å². The summed E-state index contributed by atoms with van der Waals surface area (Å²) in [5.41, 5.74) is 0.0357. The summed E-state index contributed by atoms with van der Waals surface area (Å²) >= 11 is 0. The van der Waals surface area contributed by atoms with Gasteiger partial charge in [0.15, 0.2) is 5.69 Å². The molecule has 1 aromatic heterocycles. The van der Waals surface area contributed by atoms with Gasteiger partial charge in [-0.3, -0.25) is 4.79 Å². The van der Waals surface area contributed by atoms with Crippen LogP contribution in [0.2, 0.25) is 0 Å². The first kappa shape index (κ1) is 10.9. The molecule has 0 bridgehead atoms. The van der Waals surface area contributed by atoms with Crippen LogP contribution < -0.4 is 5.56 Å². The van der Waals surface area contributed by atoms with Crippen molar-refractivity contribution in [1.29, 1.82) is 0 Å². The molecule has 0 aliphatic heterocycles. The molecule has 0 unspecified atom stereocenters. The van der Waals surface area contributed by atoms with Crippen LogP contribution in [0.1, 0.15) is 42.2 Å². The van der Waals surface area contributed by atoms with E-state index in [-0.39, 0.29) is 17.3 Å². The van der Waals surface area contributed by atoms with Gasteiger partial charge in [-0.25, -0.2) is 9.48 Å². The molecule has 0 atom stereocenters. The number of methoxy groups -OCH3 is 1. The van der Waals surface area contributed by atoms with Gasteiger partial charge in [0, 0.05) is 6.07 Å². The van der Waals surface area contributed by atoms with Crippen molar-refractivity contribution in [3.63, 3.8) is 0 Å². The van der Waals surface area contributed by atoms with Crippen LogP contribution in [0.4, 0.5) is 0 Å². The number of hydrogen-bond donors (Lipinski definition) is 0. The third kappa shape index (κ3) is 1.98. The van der Waals surface area contributed by atoms with E-state index in [0.29, 0.717) is 0 Å². The molecule has 16 heavy (non-hydrogen) atoms. The number of nitrogens with zero attached hydrogens (tertiary/aromatic N) is 2. The minimum atomic E-state index is -0.508. The summed E-state index contributed by atoms with van der Waals surface area (Å²) in [5, 5.41) is 4.05. The largest absolute Gasteiger partial charge is 0.464 e. The molecule has 1 aromatic rings. The van der Waals surface area contributed by atoms with Crippen molar-refractivity contribution in [2.24, 2.45) is 0 Å². The summed E-state index contributed by atoms with van der Waals surface area (Å²) in [7, 11) is 1.30. The van der Waals surface area contributed by atoms with Crippen molar-refractivity contribution in [2.45, 2.75) is 31.7 Å². The molecule has 5 nitrogen and oxygen atoms in total. The van der Waals surface area contributed by atoms with Crippen LogP contribution in [0, 0.1) is 0 Å². The van der Waals surface area contributed by atoms with Gasteiger partial charge in [0.25, 0.3) is 5.56 Å². The smallest absolute Gasteiger partial charge is 0.358 e. The molecule has 0 spiro atoms. The fourth-order valence-corrected chi connectivity index (χ4v) is 2.05. The predicted molar refractivity (Wildman–Crippen MR) is 57.3 cm³/mol. The average Bonchev–Trinajstić information content (AvgIpc) is 2.82. The second kappa shape index (κ2) is 4.47. The maximum atomic E-state index is 11.6. The zero-order valence-corrected chi connectivity index (χ0v) is 9.18. The Balaban J connectivity index is 2.36. The molecule has 1 saturated carbocycles. The first-order chi connectivity index (χ1) is 7.72. The van der Waals surface area contributed by atoms with Crippen molar-refractivity contribution in [2.75, 3.05) is 7.11 Å². The molecule has 0 aromatic carbocycles. The Hall–Kier alpha value is -1.65. The Morgan fingerprint density at radius 1 is 1.44 bits per heavy atom. The molecule has 5 heteroatoms. The first-order valence-corrected chi connectivity index (χ1v) is 5.40. The van der Waals surface area contributed by atoms with E-state index in [0.717, 1.165) is 25.7 Å². The van der Waals surface area contributed by atoms with Crippen molar-refractivity contribution in [3.8, 4) is 0 Å². The zero-order valence-electron chi connectivity index (χ0n) is 9.18. The van der Waals surface area contributed by atoms with Crippen LogP contribution >= 0.6 is 0 Å². The molecule has 0 N–H and O–H groups in total. The van der Waals surface area contributed by atoms with Crippen LogP contribution in [0.3, 0.4) is 0 Å². The molecule has 1 aliphatic carbocycles. The molecule has 2 rings (SSSR count). The predicted octanol–water partition coefficient (Wildman–Crippen LogP) is 1.14. The van der Waals surface area contributed by atoms with Gasteiger partial charge >= 0.3 is 5.97 Å². The van der Waals surface area contributed by atoms with E-state index >= 15 is 0 Å². The lowest BCUT2D eigenvalue weighted by molar-refractivity contribution is 0.0590. The lowest BCUT2D eigenvalue weighted by Gasteiger charge is -2.12. The van der Waals surface area contributed by atoms with Crippen LogP contribution in [-0.4, -0.2) is 22.9 Å². The minimum Gasteiger partial charge on any atom is -0.464 e. The maximum absolute atomic E-state index is 11.6. The van der Waals surface area contributed by atoms with Crippen molar-refractivity contribution in [1.82, 2.24) is 9.78 Å². The van der Waals surface area contributed by atoms with Gasteiger partial charge in [-0.2, -0.15) is 5.10 Å². The van der Waals surface area contributed by atoms with E-state index in [4.69, 9.17) is 0 Å². The average molecular weight is 222 g/mol. The highest BCUT2D eigenvalue weighted by Gasteiger charge is 2.20. The Kier molecular flexibility index (Phi) is 3.03. The molecule has 0 radical (unpaired) electrons. The Bertz CT molecular complexity index is 447. The summed E-state index contributed by atoms with van der Waals surface area (Å²) in [5.74, 6) is -0.508. The van der Waals surface area contributed by atoms with Crippen LogP contribution in [0.5, 0.6) is 0 Å². The van der Waals surface area contributed by atoms with E-state index in [2.05, 4.69) is 9.84 Å². The Morgan fingerprint density at radius 3 is 2.75 bits per heavy atom. The van der Waals surface area contributed by atoms with Crippen LogP contribution in [0.25, 0.3) is 0 Å². The molecule has 1 aliphatic rings. The van der Waals surface area contributed by atoms with Crippen molar-refractivity contribution >= 4 is 5.97 Å². The third-order valence-electron chi connectivity index (χ3n) is 2.89. The summed E-state index contributed by atoms with van der Waals surface area (Å²) < 4.78 is 5.99. The summed E-state index contributed by atoms with van der Waals surface area (Å²) in [6, 6.07) is 2.91. The highest BCUT2D eigenvalue weighted by atomic mass is 16.5. The van der Waals surface area contributed by atoms with Gasteiger partial charge in [-0.15, -0.1) is 0 Å². The fraction of sp³-hybridized carbons (Fsp3) is 0.545. The first-order valence-electron chi connectivity index (χ1n) is 5.40. The molecule has 0 saturated heterocycles. The summed E-state index contributed by atoms with van der Waals surface area (Å²) in [6.07, 6.45) is 4.14. The highest BCUT2D eigenvalue weighted by Crippen LogP contribution is 2.27. The SMILES string of the molecule is COC(=O)c1ccc(=O)n(C2CCCC2)n1. The lowest BCUT2D eigenvalue weighted by Crippen LogP contribution is -2.27. The number of aromatic nitrogens is 2. The summed E-state index contributed by atoms with van der Waals surface area (Å²) in [4.78, 5) is 22.9. The Morgan fingerprint density at radius 2 is 2.12 bits per heavy atom. The molecule has 86 valence electrons. The Labute approximate surface area is 93.0 Å². The molecular formula is C11H14N2O3. The van der Waals surface area contributed by atoms with E-state index < -0.39 is 5.97 Å². The van der Waals surface area contributed by atoms with E-state index in [1.165, 1.54) is 23.9 Å². The molecule has 0 amide bonds. The van der Waals surface area contributed by atoms with Gasteiger partial charge in [-0.05, 0) is 18.9 Å².